The minimum Gasteiger partial charge on any atom is -0.481 e. The summed E-state index contributed by atoms with van der Waals surface area (Å²) in [6.45, 7) is 4.16. The first-order valence-corrected chi connectivity index (χ1v) is 15.2. The molecule has 4 aliphatic carbocycles. The van der Waals surface area contributed by atoms with E-state index in [1.54, 1.807) is 0 Å². The van der Waals surface area contributed by atoms with Gasteiger partial charge < -0.3 is 34.8 Å². The summed E-state index contributed by atoms with van der Waals surface area (Å²) < 4.78 is 24.0. The number of ether oxygens (including phenoxy) is 1. The van der Waals surface area contributed by atoms with Gasteiger partial charge in [0.2, 0.25) is 5.28 Å². The minimum absolute atomic E-state index is 0.0169. The molecule has 7 rings (SSSR count). The van der Waals surface area contributed by atoms with Gasteiger partial charge in [0.25, 0.3) is 0 Å². The molecule has 0 radical (unpaired) electrons. The largest absolute Gasteiger partial charge is 0.481 e. The molecular formula is C24H33ClN5O8P. The number of carboxylic acid groups (broad SMARTS) is 1. The second kappa shape index (κ2) is 9.07. The van der Waals surface area contributed by atoms with Crippen molar-refractivity contribution in [3.05, 3.63) is 11.6 Å². The smallest absolute Gasteiger partial charge is 0.339 e. The van der Waals surface area contributed by atoms with Gasteiger partial charge in [-0.1, -0.05) is 13.8 Å². The number of halogens is 1. The van der Waals surface area contributed by atoms with Crippen LogP contribution in [0.3, 0.4) is 0 Å². The van der Waals surface area contributed by atoms with Crippen LogP contribution in [0, 0.1) is 16.7 Å². The Kier molecular flexibility index (Phi) is 6.35. The zero-order valence-corrected chi connectivity index (χ0v) is 23.3. The number of aliphatic hydroxyl groups is 2. The van der Waals surface area contributed by atoms with Crippen molar-refractivity contribution in [3.63, 3.8) is 0 Å². The molecular weight excluding hydrogens is 553 g/mol. The minimum atomic E-state index is -4.46. The Morgan fingerprint density at radius 2 is 1.90 bits per heavy atom. The highest BCUT2D eigenvalue weighted by Crippen LogP contribution is 2.67. The number of aliphatic hydroxyl groups excluding tert-OH is 2. The van der Waals surface area contributed by atoms with Gasteiger partial charge in [0.15, 0.2) is 23.2 Å². The number of rotatable bonds is 8. The first kappa shape index (κ1) is 27.3. The average molecular weight is 586 g/mol. The van der Waals surface area contributed by atoms with Crippen molar-refractivity contribution in [1.82, 2.24) is 19.5 Å². The number of anilines is 1. The van der Waals surface area contributed by atoms with Crippen LogP contribution in [0.15, 0.2) is 6.33 Å². The fraction of sp³-hybridized carbons (Fsp3) is 0.750. The normalized spacial score (nSPS) is 40.7. The van der Waals surface area contributed by atoms with Crippen molar-refractivity contribution in [3.8, 4) is 0 Å². The lowest BCUT2D eigenvalue weighted by Gasteiger charge is -2.65. The first-order valence-electron chi connectivity index (χ1n) is 13.1. The van der Waals surface area contributed by atoms with E-state index in [0.717, 1.165) is 19.3 Å². The standard InChI is InChI=1S/C24H33ClN5O8P/c1-22-3-12-4-23(2,8-22)10-24(5-12,9-22)29-18-15-19(28-21(25)27-18)30(11-26-15)20-17(34)16(33)13(38-20)6-37-39(35,36)7-14(31)32/h11-13,16-17,20,33-34H,3-10H2,1-2H3,(H,31,32)(H,35,36)(H,27,28,29)/t12-,13-,16+,17+,20-,22+,23-,24-/m1/s1. The summed E-state index contributed by atoms with van der Waals surface area (Å²) in [5, 5.41) is 33.7. The van der Waals surface area contributed by atoms with Crippen LogP contribution in [-0.4, -0.2) is 82.3 Å². The third kappa shape index (κ3) is 4.96. The first-order chi connectivity index (χ1) is 18.2. The van der Waals surface area contributed by atoms with Crippen LogP contribution in [0.5, 0.6) is 0 Å². The van der Waals surface area contributed by atoms with Gasteiger partial charge in [-0.2, -0.15) is 9.97 Å². The molecule has 0 spiro atoms. The molecule has 2 aromatic rings. The van der Waals surface area contributed by atoms with Gasteiger partial charge in [-0.15, -0.1) is 0 Å². The Morgan fingerprint density at radius 1 is 1.21 bits per heavy atom. The maximum Gasteiger partial charge on any atom is 0.339 e. The molecule has 4 bridgehead atoms. The highest BCUT2D eigenvalue weighted by molar-refractivity contribution is 7.53. The highest BCUT2D eigenvalue weighted by Gasteiger charge is 2.60. The Balaban J connectivity index is 1.26. The lowest BCUT2D eigenvalue weighted by Crippen LogP contribution is -2.61. The maximum atomic E-state index is 11.9. The number of aliphatic carboxylic acids is 1. The second-order valence-corrected chi connectivity index (χ2v) is 14.9. The van der Waals surface area contributed by atoms with E-state index in [4.69, 9.17) is 26.0 Å². The van der Waals surface area contributed by atoms with Crippen LogP contribution < -0.4 is 5.32 Å². The predicted molar refractivity (Wildman–Crippen MR) is 138 cm³/mol. The van der Waals surface area contributed by atoms with E-state index >= 15 is 0 Å². The van der Waals surface area contributed by atoms with E-state index in [1.807, 2.05) is 0 Å². The van der Waals surface area contributed by atoms with Gasteiger partial charge >= 0.3 is 13.6 Å². The molecule has 3 heterocycles. The second-order valence-electron chi connectivity index (χ2n) is 12.7. The quantitative estimate of drug-likeness (QED) is 0.225. The zero-order chi connectivity index (χ0) is 28.0. The molecule has 2 aromatic heterocycles. The van der Waals surface area contributed by atoms with E-state index in [9.17, 15) is 24.5 Å². The lowest BCUT2D eigenvalue weighted by atomic mass is 9.43. The molecule has 5 fully saturated rings. The third-order valence-corrected chi connectivity index (χ3v) is 10.2. The third-order valence-electron chi connectivity index (χ3n) is 8.79. The van der Waals surface area contributed by atoms with Gasteiger partial charge in [0.05, 0.1) is 12.9 Å². The summed E-state index contributed by atoms with van der Waals surface area (Å²) in [4.78, 5) is 33.8. The molecule has 1 saturated heterocycles. The SMILES string of the molecule is C[C@]12C[C@@H]3C[C@](C)(C1)C[C@@](Nc1nc(Cl)nc4c1ncn4[C@@H]1O[C@H](COP(=O)(O)CC(=O)O)[C@H](O)[C@@H]1O)(C3)C2. The summed E-state index contributed by atoms with van der Waals surface area (Å²) in [5.74, 6) is -0.350. The zero-order valence-electron chi connectivity index (χ0n) is 21.7. The van der Waals surface area contributed by atoms with Gasteiger partial charge in [-0.05, 0) is 66.9 Å². The summed E-state index contributed by atoms with van der Waals surface area (Å²) in [5.41, 5.74) is 1.14. The van der Waals surface area contributed by atoms with E-state index in [-0.39, 0.29) is 27.3 Å². The van der Waals surface area contributed by atoms with Crippen LogP contribution in [0.25, 0.3) is 11.2 Å². The molecule has 13 nitrogen and oxygen atoms in total. The molecule has 9 atom stereocenters. The van der Waals surface area contributed by atoms with Crippen molar-refractivity contribution in [2.45, 2.75) is 82.5 Å². The van der Waals surface area contributed by atoms with Gasteiger partial charge in [0, 0.05) is 5.54 Å². The fourth-order valence-corrected chi connectivity index (χ4v) is 9.48. The number of fused-ring (bicyclic) bond motifs is 1. The number of hydrogen-bond acceptors (Lipinski definition) is 10. The van der Waals surface area contributed by atoms with Crippen molar-refractivity contribution in [1.29, 1.82) is 0 Å². The Bertz CT molecular complexity index is 1360. The Morgan fingerprint density at radius 3 is 2.54 bits per heavy atom. The van der Waals surface area contributed by atoms with Crippen LogP contribution in [0.1, 0.15) is 58.6 Å². The summed E-state index contributed by atoms with van der Waals surface area (Å²) >= 11 is 6.35. The van der Waals surface area contributed by atoms with Crippen LogP contribution in [-0.2, 0) is 18.6 Å². The molecule has 214 valence electrons. The number of carbonyl (C=O) groups is 1. The number of nitrogens with zero attached hydrogens (tertiary/aromatic N) is 4. The van der Waals surface area contributed by atoms with Crippen molar-refractivity contribution in [2.75, 3.05) is 18.1 Å². The fourth-order valence-electron chi connectivity index (χ4n) is 8.50. The lowest BCUT2D eigenvalue weighted by molar-refractivity contribution is -0.134. The van der Waals surface area contributed by atoms with Crippen molar-refractivity contribution in [2.24, 2.45) is 16.7 Å². The van der Waals surface area contributed by atoms with E-state index < -0.39 is 50.9 Å². The number of nitrogens with one attached hydrogen (secondary N) is 1. The number of aromatic nitrogens is 4. The van der Waals surface area contributed by atoms with Crippen LogP contribution in [0.4, 0.5) is 5.82 Å². The average Bonchev–Trinajstić information content (AvgIpc) is 3.30. The van der Waals surface area contributed by atoms with Crippen LogP contribution in [0.2, 0.25) is 5.28 Å². The van der Waals surface area contributed by atoms with Crippen molar-refractivity contribution >= 4 is 42.1 Å². The predicted octanol–water partition coefficient (Wildman–Crippen LogP) is 2.55. The van der Waals surface area contributed by atoms with Crippen molar-refractivity contribution < 1.29 is 38.8 Å². The summed E-state index contributed by atoms with van der Waals surface area (Å²) in [7, 11) is -4.46. The number of carboxylic acids is 1. The maximum absolute atomic E-state index is 11.9. The Labute approximate surface area is 229 Å². The molecule has 0 aromatic carbocycles. The molecule has 1 unspecified atom stereocenters. The molecule has 15 heteroatoms. The molecule has 39 heavy (non-hydrogen) atoms. The van der Waals surface area contributed by atoms with E-state index in [2.05, 4.69) is 34.1 Å². The molecule has 1 aliphatic heterocycles. The summed E-state index contributed by atoms with van der Waals surface area (Å²) in [6.07, 6.45) is 1.83. The van der Waals surface area contributed by atoms with Gasteiger partial charge in [-0.25, -0.2) is 4.98 Å². The molecule has 0 amide bonds. The molecule has 5 aliphatic rings. The van der Waals surface area contributed by atoms with Crippen LogP contribution >= 0.6 is 19.2 Å². The molecule has 5 N–H and O–H groups in total. The van der Waals surface area contributed by atoms with Gasteiger partial charge in [0.1, 0.15) is 24.5 Å². The monoisotopic (exact) mass is 585 g/mol. The highest BCUT2D eigenvalue weighted by atomic mass is 35.5. The van der Waals surface area contributed by atoms with E-state index in [0.29, 0.717) is 17.3 Å². The topological polar surface area (TPSA) is 189 Å². The Hall–Kier alpha value is -1.86. The number of imidazole rings is 1. The van der Waals surface area contributed by atoms with E-state index in [1.165, 1.54) is 30.2 Å². The van der Waals surface area contributed by atoms with Gasteiger partial charge in [-0.3, -0.25) is 13.9 Å². The summed E-state index contributed by atoms with van der Waals surface area (Å²) in [6, 6.07) is 0. The number of hydrogen-bond donors (Lipinski definition) is 5. The molecule has 4 saturated carbocycles.